The van der Waals surface area contributed by atoms with Crippen LogP contribution in [0.5, 0.6) is 11.5 Å². The van der Waals surface area contributed by atoms with E-state index in [0.29, 0.717) is 56.3 Å². The Balaban J connectivity index is 1.46. The Morgan fingerprint density at radius 3 is 2.58 bits per heavy atom. The van der Waals surface area contributed by atoms with E-state index in [1.165, 1.54) is 4.90 Å². The van der Waals surface area contributed by atoms with E-state index in [2.05, 4.69) is 0 Å². The fraction of sp³-hybridized carbons (Fsp3) is 0.500. The lowest BCUT2D eigenvalue weighted by Gasteiger charge is -2.23. The monoisotopic (exact) mass is 360 g/mol. The molecule has 0 bridgehead atoms. The number of carboxylic acids is 1. The van der Waals surface area contributed by atoms with Crippen molar-refractivity contribution in [3.8, 4) is 11.5 Å². The summed E-state index contributed by atoms with van der Waals surface area (Å²) >= 11 is 0. The predicted octanol–water partition coefficient (Wildman–Crippen LogP) is 0.744. The normalized spacial score (nSPS) is 24.8. The van der Waals surface area contributed by atoms with Crippen LogP contribution in [-0.4, -0.2) is 60.6 Å². The van der Waals surface area contributed by atoms with Crippen LogP contribution < -0.4 is 14.4 Å². The Bertz CT molecular complexity index is 764. The zero-order valence-electron chi connectivity index (χ0n) is 14.2. The number of nitrogens with zero attached hydrogens (tertiary/aromatic N) is 2. The minimum atomic E-state index is -0.893. The van der Waals surface area contributed by atoms with Gasteiger partial charge in [0.05, 0.1) is 5.92 Å². The van der Waals surface area contributed by atoms with Gasteiger partial charge in [-0.2, -0.15) is 0 Å². The second-order valence-electron chi connectivity index (χ2n) is 6.77. The first kappa shape index (κ1) is 16.7. The second kappa shape index (κ2) is 6.51. The maximum Gasteiger partial charge on any atom is 0.308 e. The fourth-order valence-electron chi connectivity index (χ4n) is 3.75. The molecule has 0 spiro atoms. The van der Waals surface area contributed by atoms with E-state index in [1.54, 1.807) is 23.1 Å². The van der Waals surface area contributed by atoms with E-state index in [1.807, 2.05) is 0 Å². The number of hydrogen-bond donors (Lipinski definition) is 1. The average Bonchev–Trinajstić information content (AvgIpc) is 3.28. The molecular weight excluding hydrogens is 340 g/mol. The lowest BCUT2D eigenvalue weighted by atomic mass is 10.1. The number of carbonyl (C=O) groups excluding carboxylic acids is 2. The summed E-state index contributed by atoms with van der Waals surface area (Å²) in [5, 5.41) is 9.08. The second-order valence-corrected chi connectivity index (χ2v) is 6.77. The third kappa shape index (κ3) is 2.85. The van der Waals surface area contributed by atoms with Crippen molar-refractivity contribution in [1.29, 1.82) is 0 Å². The molecule has 1 N–H and O–H groups in total. The maximum atomic E-state index is 12.8. The molecule has 2 fully saturated rings. The van der Waals surface area contributed by atoms with E-state index in [-0.39, 0.29) is 18.4 Å². The molecule has 138 valence electrons. The molecule has 2 amide bonds. The first-order valence-corrected chi connectivity index (χ1v) is 8.77. The van der Waals surface area contributed by atoms with Crippen LogP contribution >= 0.6 is 0 Å². The summed E-state index contributed by atoms with van der Waals surface area (Å²) in [4.78, 5) is 39.6. The van der Waals surface area contributed by atoms with Gasteiger partial charge in [-0.1, -0.05) is 0 Å². The SMILES string of the molecule is O=C(O)[C@H]1CCN(C(=O)[C@@H]2CCN(c3ccc4c(c3)OCCO4)C2=O)C1. The lowest BCUT2D eigenvalue weighted by Crippen LogP contribution is -2.39. The third-order valence-electron chi connectivity index (χ3n) is 5.19. The Labute approximate surface area is 150 Å². The van der Waals surface area contributed by atoms with Crippen LogP contribution in [0.15, 0.2) is 18.2 Å². The minimum absolute atomic E-state index is 0.183. The number of ether oxygens (including phenoxy) is 2. The molecule has 2 atom stereocenters. The maximum absolute atomic E-state index is 12.8. The van der Waals surface area contributed by atoms with E-state index in [9.17, 15) is 14.4 Å². The number of hydrogen-bond acceptors (Lipinski definition) is 5. The summed E-state index contributed by atoms with van der Waals surface area (Å²) in [6.45, 7) is 1.99. The number of amides is 2. The highest BCUT2D eigenvalue weighted by Gasteiger charge is 2.42. The van der Waals surface area contributed by atoms with Crippen LogP contribution in [0.3, 0.4) is 0 Å². The van der Waals surface area contributed by atoms with E-state index in [0.717, 1.165) is 0 Å². The first-order valence-electron chi connectivity index (χ1n) is 8.77. The first-order chi connectivity index (χ1) is 12.5. The van der Waals surface area contributed by atoms with Crippen LogP contribution in [0, 0.1) is 11.8 Å². The number of rotatable bonds is 3. The zero-order valence-corrected chi connectivity index (χ0v) is 14.2. The summed E-state index contributed by atoms with van der Waals surface area (Å²) in [6, 6.07) is 5.31. The summed E-state index contributed by atoms with van der Waals surface area (Å²) in [7, 11) is 0. The number of likely N-dealkylation sites (tertiary alicyclic amines) is 1. The average molecular weight is 360 g/mol. The van der Waals surface area contributed by atoms with Crippen LogP contribution in [-0.2, 0) is 14.4 Å². The largest absolute Gasteiger partial charge is 0.486 e. The van der Waals surface area contributed by atoms with Gasteiger partial charge < -0.3 is 24.4 Å². The van der Waals surface area contributed by atoms with Crippen LogP contribution in [0.4, 0.5) is 5.69 Å². The van der Waals surface area contributed by atoms with Crippen LogP contribution in [0.25, 0.3) is 0 Å². The van der Waals surface area contributed by atoms with Gasteiger partial charge in [-0.15, -0.1) is 0 Å². The van der Waals surface area contributed by atoms with Gasteiger partial charge in [0.25, 0.3) is 0 Å². The topological polar surface area (TPSA) is 96.4 Å². The van der Waals surface area contributed by atoms with Gasteiger partial charge in [0.15, 0.2) is 11.5 Å². The highest BCUT2D eigenvalue weighted by Crippen LogP contribution is 2.36. The molecular formula is C18H20N2O6. The van der Waals surface area contributed by atoms with Crippen molar-refractivity contribution >= 4 is 23.5 Å². The van der Waals surface area contributed by atoms with Gasteiger partial charge in [-0.3, -0.25) is 14.4 Å². The quantitative estimate of drug-likeness (QED) is 0.799. The fourth-order valence-corrected chi connectivity index (χ4v) is 3.75. The Kier molecular flexibility index (Phi) is 4.18. The van der Waals surface area contributed by atoms with Gasteiger partial charge in [0.2, 0.25) is 11.8 Å². The molecule has 26 heavy (non-hydrogen) atoms. The van der Waals surface area contributed by atoms with Gasteiger partial charge in [0.1, 0.15) is 19.1 Å². The lowest BCUT2D eigenvalue weighted by molar-refractivity contribution is -0.142. The molecule has 1 aromatic rings. The van der Waals surface area contributed by atoms with Crippen molar-refractivity contribution < 1.29 is 29.0 Å². The molecule has 3 aliphatic heterocycles. The van der Waals surface area contributed by atoms with Gasteiger partial charge >= 0.3 is 5.97 Å². The number of benzene rings is 1. The third-order valence-corrected chi connectivity index (χ3v) is 5.19. The van der Waals surface area contributed by atoms with Crippen LogP contribution in [0.1, 0.15) is 12.8 Å². The molecule has 0 saturated carbocycles. The highest BCUT2D eigenvalue weighted by molar-refractivity contribution is 6.09. The predicted molar refractivity (Wildman–Crippen MR) is 90.2 cm³/mol. The zero-order chi connectivity index (χ0) is 18.3. The summed E-state index contributed by atoms with van der Waals surface area (Å²) in [5.74, 6) is -1.43. The van der Waals surface area contributed by atoms with Crippen LogP contribution in [0.2, 0.25) is 0 Å². The summed E-state index contributed by atoms with van der Waals surface area (Å²) < 4.78 is 11.0. The molecule has 2 saturated heterocycles. The molecule has 0 aliphatic carbocycles. The highest BCUT2D eigenvalue weighted by atomic mass is 16.6. The number of aliphatic carboxylic acids is 1. The molecule has 4 rings (SSSR count). The van der Waals surface area contributed by atoms with Crippen molar-refractivity contribution in [2.45, 2.75) is 12.8 Å². The molecule has 8 nitrogen and oxygen atoms in total. The summed E-state index contributed by atoms with van der Waals surface area (Å²) in [5.41, 5.74) is 0.680. The van der Waals surface area contributed by atoms with E-state index < -0.39 is 17.8 Å². The van der Waals surface area contributed by atoms with Crippen molar-refractivity contribution in [2.24, 2.45) is 11.8 Å². The van der Waals surface area contributed by atoms with Crippen molar-refractivity contribution in [2.75, 3.05) is 37.7 Å². The number of carbonyl (C=O) groups is 3. The molecule has 0 aromatic heterocycles. The molecule has 1 aromatic carbocycles. The van der Waals surface area contributed by atoms with E-state index in [4.69, 9.17) is 14.6 Å². The molecule has 3 aliphatic rings. The van der Waals surface area contributed by atoms with Crippen molar-refractivity contribution in [1.82, 2.24) is 4.90 Å². The number of carboxylic acid groups (broad SMARTS) is 1. The van der Waals surface area contributed by atoms with Crippen molar-refractivity contribution in [3.05, 3.63) is 18.2 Å². The Morgan fingerprint density at radius 2 is 1.85 bits per heavy atom. The molecule has 0 radical (unpaired) electrons. The molecule has 0 unspecified atom stereocenters. The van der Waals surface area contributed by atoms with Gasteiger partial charge in [0, 0.05) is 31.4 Å². The summed E-state index contributed by atoms with van der Waals surface area (Å²) in [6.07, 6.45) is 0.869. The number of fused-ring (bicyclic) bond motifs is 1. The molecule has 8 heteroatoms. The smallest absolute Gasteiger partial charge is 0.308 e. The van der Waals surface area contributed by atoms with Gasteiger partial charge in [-0.05, 0) is 25.0 Å². The van der Waals surface area contributed by atoms with Crippen molar-refractivity contribution in [3.63, 3.8) is 0 Å². The molecule has 3 heterocycles. The Hall–Kier alpha value is -2.77. The Morgan fingerprint density at radius 1 is 1.08 bits per heavy atom. The minimum Gasteiger partial charge on any atom is -0.486 e. The van der Waals surface area contributed by atoms with Gasteiger partial charge in [-0.25, -0.2) is 0 Å². The number of anilines is 1. The standard InChI is InChI=1S/C18H20N2O6/c21-16(19-5-3-11(10-19)18(23)24)13-4-6-20(17(13)22)12-1-2-14-15(9-12)26-8-7-25-14/h1-2,9,11,13H,3-8,10H2,(H,23,24)/t11-,13-/m0/s1. The van der Waals surface area contributed by atoms with E-state index >= 15 is 0 Å².